The van der Waals surface area contributed by atoms with Crippen LogP contribution in [0.1, 0.15) is 24.0 Å². The lowest BCUT2D eigenvalue weighted by molar-refractivity contribution is 0.177. The van der Waals surface area contributed by atoms with E-state index in [1.807, 2.05) is 19.2 Å². The molecule has 156 valence electrons. The summed E-state index contributed by atoms with van der Waals surface area (Å²) in [6, 6.07) is 18.9. The van der Waals surface area contributed by atoms with E-state index in [0.29, 0.717) is 5.92 Å². The first-order chi connectivity index (χ1) is 14.2. The highest BCUT2D eigenvalue weighted by Gasteiger charge is 2.20. The number of guanidine groups is 1. The number of likely N-dealkylation sites (tertiary alicyclic amines) is 1. The number of rotatable bonds is 7. The molecule has 0 aromatic heterocycles. The zero-order chi connectivity index (χ0) is 20.5. The second kappa shape index (κ2) is 10.9. The van der Waals surface area contributed by atoms with Crippen LogP contribution in [0.4, 0.5) is 0 Å². The minimum Gasteiger partial charge on any atom is -0.497 e. The van der Waals surface area contributed by atoms with Crippen LogP contribution in [0.25, 0.3) is 0 Å². The highest BCUT2D eigenvalue weighted by Crippen LogP contribution is 2.20. The van der Waals surface area contributed by atoms with Gasteiger partial charge in [-0.2, -0.15) is 0 Å². The van der Waals surface area contributed by atoms with Crippen molar-refractivity contribution in [2.75, 3.05) is 40.8 Å². The molecular weight excluding hydrogens is 360 g/mol. The van der Waals surface area contributed by atoms with Crippen LogP contribution in [-0.2, 0) is 13.1 Å². The van der Waals surface area contributed by atoms with Gasteiger partial charge >= 0.3 is 0 Å². The van der Waals surface area contributed by atoms with Gasteiger partial charge in [0.2, 0.25) is 0 Å². The number of ether oxygens (including phenoxy) is 1. The second-order valence-corrected chi connectivity index (χ2v) is 7.84. The number of benzene rings is 2. The van der Waals surface area contributed by atoms with Crippen molar-refractivity contribution in [1.29, 1.82) is 0 Å². The predicted octanol–water partition coefficient (Wildman–Crippen LogP) is 3.61. The number of aliphatic imine (C=N–C) groups is 1. The molecule has 1 heterocycles. The Morgan fingerprint density at radius 2 is 1.76 bits per heavy atom. The Kier molecular flexibility index (Phi) is 7.94. The van der Waals surface area contributed by atoms with Gasteiger partial charge in [-0.05, 0) is 55.1 Å². The van der Waals surface area contributed by atoms with Crippen LogP contribution in [-0.4, -0.2) is 56.6 Å². The molecule has 1 fully saturated rings. The van der Waals surface area contributed by atoms with E-state index in [1.165, 1.54) is 24.0 Å². The van der Waals surface area contributed by atoms with E-state index in [-0.39, 0.29) is 0 Å². The minimum absolute atomic E-state index is 0.698. The maximum atomic E-state index is 5.24. The van der Waals surface area contributed by atoms with Crippen molar-refractivity contribution in [3.63, 3.8) is 0 Å². The number of hydrogen-bond donors (Lipinski definition) is 1. The van der Waals surface area contributed by atoms with Gasteiger partial charge in [0.05, 0.1) is 7.11 Å². The Morgan fingerprint density at radius 1 is 1.07 bits per heavy atom. The van der Waals surface area contributed by atoms with Crippen LogP contribution in [0.3, 0.4) is 0 Å². The fourth-order valence-electron chi connectivity index (χ4n) is 3.89. The molecular formula is C24H34N4O. The zero-order valence-corrected chi connectivity index (χ0v) is 18.0. The van der Waals surface area contributed by atoms with Gasteiger partial charge in [0.1, 0.15) is 5.75 Å². The van der Waals surface area contributed by atoms with E-state index in [1.54, 1.807) is 7.11 Å². The highest BCUT2D eigenvalue weighted by molar-refractivity contribution is 5.79. The second-order valence-electron chi connectivity index (χ2n) is 7.84. The molecule has 1 N–H and O–H groups in total. The third-order valence-corrected chi connectivity index (χ3v) is 5.66. The van der Waals surface area contributed by atoms with Crippen molar-refractivity contribution in [3.8, 4) is 5.75 Å². The summed E-state index contributed by atoms with van der Waals surface area (Å²) in [6.07, 6.45) is 2.45. The quantitative estimate of drug-likeness (QED) is 0.575. The lowest BCUT2D eigenvalue weighted by atomic mass is 9.96. The Balaban J connectivity index is 1.40. The van der Waals surface area contributed by atoms with Crippen LogP contribution < -0.4 is 10.1 Å². The van der Waals surface area contributed by atoms with Gasteiger partial charge < -0.3 is 15.0 Å². The Bertz CT molecular complexity index is 752. The van der Waals surface area contributed by atoms with Crippen molar-refractivity contribution in [2.24, 2.45) is 10.9 Å². The number of methoxy groups -OCH3 is 1. The molecule has 0 saturated carbocycles. The molecule has 0 radical (unpaired) electrons. The SMILES string of the molecule is CN=C(NCC1CCN(Cc2ccc(OC)cc2)CC1)N(C)Cc1ccccc1. The summed E-state index contributed by atoms with van der Waals surface area (Å²) < 4.78 is 5.24. The molecule has 5 nitrogen and oxygen atoms in total. The van der Waals surface area contributed by atoms with Crippen molar-refractivity contribution in [1.82, 2.24) is 15.1 Å². The molecule has 0 unspecified atom stereocenters. The van der Waals surface area contributed by atoms with Crippen molar-refractivity contribution in [3.05, 3.63) is 65.7 Å². The van der Waals surface area contributed by atoms with E-state index >= 15 is 0 Å². The number of hydrogen-bond acceptors (Lipinski definition) is 3. The minimum atomic E-state index is 0.698. The maximum Gasteiger partial charge on any atom is 0.193 e. The third kappa shape index (κ3) is 6.50. The normalized spacial score (nSPS) is 15.9. The van der Waals surface area contributed by atoms with Gasteiger partial charge in [-0.3, -0.25) is 9.89 Å². The van der Waals surface area contributed by atoms with E-state index in [0.717, 1.165) is 44.4 Å². The summed E-state index contributed by atoms with van der Waals surface area (Å²) in [6.45, 7) is 5.17. The summed E-state index contributed by atoms with van der Waals surface area (Å²) in [4.78, 5) is 9.20. The van der Waals surface area contributed by atoms with Crippen molar-refractivity contribution < 1.29 is 4.74 Å². The van der Waals surface area contributed by atoms with Gasteiger partial charge in [0, 0.05) is 33.7 Å². The van der Waals surface area contributed by atoms with Gasteiger partial charge in [0.15, 0.2) is 5.96 Å². The first-order valence-corrected chi connectivity index (χ1v) is 10.5. The summed E-state index contributed by atoms with van der Waals surface area (Å²) in [5.74, 6) is 2.59. The molecule has 3 rings (SSSR count). The van der Waals surface area contributed by atoms with Gasteiger partial charge in [-0.1, -0.05) is 42.5 Å². The van der Waals surface area contributed by atoms with Crippen LogP contribution in [0.2, 0.25) is 0 Å². The molecule has 1 saturated heterocycles. The summed E-state index contributed by atoms with van der Waals surface area (Å²) in [7, 11) is 5.67. The Hall–Kier alpha value is -2.53. The molecule has 29 heavy (non-hydrogen) atoms. The van der Waals surface area contributed by atoms with Crippen LogP contribution in [0.15, 0.2) is 59.6 Å². The standard InChI is InChI=1S/C24H34N4O/c1-25-24(27(2)18-21-7-5-4-6-8-21)26-17-20-13-15-28(16-14-20)19-22-9-11-23(29-3)12-10-22/h4-12,20H,13-19H2,1-3H3,(H,25,26). The van der Waals surface area contributed by atoms with Gasteiger partial charge in [-0.25, -0.2) is 0 Å². The molecule has 1 aliphatic rings. The van der Waals surface area contributed by atoms with Crippen molar-refractivity contribution >= 4 is 5.96 Å². The van der Waals surface area contributed by atoms with Crippen LogP contribution >= 0.6 is 0 Å². The summed E-state index contributed by atoms with van der Waals surface area (Å²) in [5.41, 5.74) is 2.65. The number of nitrogens with zero attached hydrogens (tertiary/aromatic N) is 3. The summed E-state index contributed by atoms with van der Waals surface area (Å²) >= 11 is 0. The summed E-state index contributed by atoms with van der Waals surface area (Å²) in [5, 5.41) is 3.58. The number of nitrogens with one attached hydrogen (secondary N) is 1. The molecule has 0 spiro atoms. The maximum absolute atomic E-state index is 5.24. The van der Waals surface area contributed by atoms with E-state index in [2.05, 4.69) is 69.6 Å². The molecule has 1 aliphatic heterocycles. The molecule has 5 heteroatoms. The first-order valence-electron chi connectivity index (χ1n) is 10.5. The Labute approximate surface area is 175 Å². The average molecular weight is 395 g/mol. The third-order valence-electron chi connectivity index (χ3n) is 5.66. The number of piperidine rings is 1. The Morgan fingerprint density at radius 3 is 2.38 bits per heavy atom. The highest BCUT2D eigenvalue weighted by atomic mass is 16.5. The van der Waals surface area contributed by atoms with E-state index < -0.39 is 0 Å². The molecule has 0 atom stereocenters. The molecule has 2 aromatic carbocycles. The smallest absolute Gasteiger partial charge is 0.193 e. The average Bonchev–Trinajstić information content (AvgIpc) is 2.76. The molecule has 2 aromatic rings. The topological polar surface area (TPSA) is 40.1 Å². The van der Waals surface area contributed by atoms with E-state index in [4.69, 9.17) is 4.74 Å². The lowest BCUT2D eigenvalue weighted by Gasteiger charge is -2.33. The molecule has 0 aliphatic carbocycles. The predicted molar refractivity (Wildman–Crippen MR) is 120 cm³/mol. The van der Waals surface area contributed by atoms with Gasteiger partial charge in [-0.15, -0.1) is 0 Å². The van der Waals surface area contributed by atoms with E-state index in [9.17, 15) is 0 Å². The molecule has 0 amide bonds. The lowest BCUT2D eigenvalue weighted by Crippen LogP contribution is -2.43. The molecule has 0 bridgehead atoms. The first kappa shape index (κ1) is 21.2. The van der Waals surface area contributed by atoms with Crippen LogP contribution in [0.5, 0.6) is 5.75 Å². The van der Waals surface area contributed by atoms with Gasteiger partial charge in [0.25, 0.3) is 0 Å². The zero-order valence-electron chi connectivity index (χ0n) is 18.0. The van der Waals surface area contributed by atoms with Crippen molar-refractivity contribution in [2.45, 2.75) is 25.9 Å². The fourth-order valence-corrected chi connectivity index (χ4v) is 3.89. The van der Waals surface area contributed by atoms with Crippen LogP contribution in [0, 0.1) is 5.92 Å². The largest absolute Gasteiger partial charge is 0.497 e. The monoisotopic (exact) mass is 394 g/mol. The fraction of sp³-hybridized carbons (Fsp3) is 0.458.